The highest BCUT2D eigenvalue weighted by Gasteiger charge is 2.41. The zero-order chi connectivity index (χ0) is 23.9. The van der Waals surface area contributed by atoms with Gasteiger partial charge in [0.2, 0.25) is 5.91 Å². The zero-order valence-electron chi connectivity index (χ0n) is 19.8. The Hall–Kier alpha value is -2.62. The Morgan fingerprint density at radius 3 is 2.71 bits per heavy atom. The van der Waals surface area contributed by atoms with E-state index in [-0.39, 0.29) is 18.4 Å². The summed E-state index contributed by atoms with van der Waals surface area (Å²) in [6, 6.07) is 9.46. The maximum absolute atomic E-state index is 12.8. The number of benzene rings is 1. The van der Waals surface area contributed by atoms with E-state index in [2.05, 4.69) is 10.2 Å². The fourth-order valence-electron chi connectivity index (χ4n) is 4.45. The number of esters is 1. The number of rotatable bonds is 9. The van der Waals surface area contributed by atoms with Crippen molar-refractivity contribution in [3.63, 3.8) is 0 Å². The summed E-state index contributed by atoms with van der Waals surface area (Å²) in [5, 5.41) is 5.80. The van der Waals surface area contributed by atoms with Gasteiger partial charge in [0.1, 0.15) is 0 Å². The number of allylic oxidation sites excluding steroid dienone is 1. The molecular weight excluding hydrogens is 452 g/mol. The standard InChI is InChI=1S/C25H32N4O4S/c1-3-20-22(24(31)32-2)23(18-8-5-4-6-9-18)29-19(17-34-25(29)27-20)16-21(30)26-10-7-11-28-12-14-33-15-13-28/h4-6,8-9,17,23H,3,7,10-16H2,1-2H3,(H,26,30). The van der Waals surface area contributed by atoms with Crippen LogP contribution in [0.3, 0.4) is 0 Å². The number of ether oxygens (including phenoxy) is 2. The van der Waals surface area contributed by atoms with Crippen LogP contribution in [0.4, 0.5) is 0 Å². The molecule has 1 saturated heterocycles. The number of hydrogen-bond acceptors (Lipinski definition) is 8. The van der Waals surface area contributed by atoms with Crippen LogP contribution in [0, 0.1) is 0 Å². The molecule has 9 heteroatoms. The molecule has 3 aliphatic rings. The molecule has 1 fully saturated rings. The number of nitrogens with one attached hydrogen (secondary N) is 1. The molecule has 1 unspecified atom stereocenters. The molecule has 0 spiro atoms. The number of fused-ring (bicyclic) bond motifs is 1. The third-order valence-electron chi connectivity index (χ3n) is 6.16. The minimum absolute atomic E-state index is 0.0354. The van der Waals surface area contributed by atoms with Crippen molar-refractivity contribution in [2.45, 2.75) is 32.2 Å². The fourth-order valence-corrected chi connectivity index (χ4v) is 5.38. The second-order valence-electron chi connectivity index (χ2n) is 8.34. The van der Waals surface area contributed by atoms with Crippen LogP contribution in [0.2, 0.25) is 0 Å². The summed E-state index contributed by atoms with van der Waals surface area (Å²) in [6.45, 7) is 7.03. The van der Waals surface area contributed by atoms with Gasteiger partial charge in [-0.15, -0.1) is 0 Å². The van der Waals surface area contributed by atoms with E-state index in [1.807, 2.05) is 47.6 Å². The van der Waals surface area contributed by atoms with Crippen LogP contribution in [0.5, 0.6) is 0 Å². The number of carbonyl (C=O) groups excluding carboxylic acids is 2. The number of hydrogen-bond donors (Lipinski definition) is 1. The summed E-state index contributed by atoms with van der Waals surface area (Å²) >= 11 is 1.49. The lowest BCUT2D eigenvalue weighted by molar-refractivity contribution is -0.136. The van der Waals surface area contributed by atoms with Crippen LogP contribution in [-0.2, 0) is 19.1 Å². The Bertz CT molecular complexity index is 986. The molecule has 0 aromatic heterocycles. The van der Waals surface area contributed by atoms with Crippen molar-refractivity contribution in [1.82, 2.24) is 15.1 Å². The van der Waals surface area contributed by atoms with Crippen LogP contribution in [0.15, 0.2) is 57.7 Å². The van der Waals surface area contributed by atoms with Gasteiger partial charge in [0.05, 0.1) is 44.1 Å². The predicted octanol–water partition coefficient (Wildman–Crippen LogP) is 3.05. The summed E-state index contributed by atoms with van der Waals surface area (Å²) in [4.78, 5) is 34.8. The highest BCUT2D eigenvalue weighted by molar-refractivity contribution is 8.16. The average Bonchev–Trinajstić information content (AvgIpc) is 3.28. The second-order valence-corrected chi connectivity index (χ2v) is 9.18. The molecule has 3 heterocycles. The van der Waals surface area contributed by atoms with E-state index in [1.54, 1.807) is 0 Å². The Morgan fingerprint density at radius 1 is 1.24 bits per heavy atom. The van der Waals surface area contributed by atoms with Crippen molar-refractivity contribution in [3.8, 4) is 0 Å². The number of amidine groups is 1. The van der Waals surface area contributed by atoms with Crippen molar-refractivity contribution in [2.75, 3.05) is 46.5 Å². The van der Waals surface area contributed by atoms with E-state index in [0.29, 0.717) is 18.5 Å². The molecule has 4 rings (SSSR count). The number of carbonyl (C=O) groups is 2. The highest BCUT2D eigenvalue weighted by Crippen LogP contribution is 2.45. The minimum Gasteiger partial charge on any atom is -0.466 e. The molecule has 0 saturated carbocycles. The smallest absolute Gasteiger partial charge is 0.338 e. The minimum atomic E-state index is -0.391. The molecule has 182 valence electrons. The Balaban J connectivity index is 1.46. The first-order valence-corrected chi connectivity index (χ1v) is 12.7. The molecule has 1 aromatic carbocycles. The molecular formula is C25H32N4O4S. The van der Waals surface area contributed by atoms with Crippen molar-refractivity contribution in [2.24, 2.45) is 4.99 Å². The molecule has 34 heavy (non-hydrogen) atoms. The van der Waals surface area contributed by atoms with Gasteiger partial charge in [-0.05, 0) is 30.4 Å². The average molecular weight is 485 g/mol. The first-order valence-electron chi connectivity index (χ1n) is 11.8. The molecule has 0 radical (unpaired) electrons. The number of nitrogens with zero attached hydrogens (tertiary/aromatic N) is 3. The third-order valence-corrected chi connectivity index (χ3v) is 7.05. The summed E-state index contributed by atoms with van der Waals surface area (Å²) in [7, 11) is 1.39. The van der Waals surface area contributed by atoms with E-state index in [1.165, 1.54) is 18.9 Å². The molecule has 0 aliphatic carbocycles. The maximum Gasteiger partial charge on any atom is 0.338 e. The van der Waals surface area contributed by atoms with Gasteiger partial charge in [-0.25, -0.2) is 9.79 Å². The van der Waals surface area contributed by atoms with Gasteiger partial charge in [0.15, 0.2) is 5.17 Å². The summed E-state index contributed by atoms with van der Waals surface area (Å²) in [5.41, 5.74) is 3.04. The van der Waals surface area contributed by atoms with Crippen molar-refractivity contribution in [1.29, 1.82) is 0 Å². The largest absolute Gasteiger partial charge is 0.466 e. The predicted molar refractivity (Wildman–Crippen MR) is 133 cm³/mol. The van der Waals surface area contributed by atoms with Gasteiger partial charge in [-0.3, -0.25) is 9.69 Å². The Kier molecular flexibility index (Phi) is 8.42. The Morgan fingerprint density at radius 2 is 2.00 bits per heavy atom. The van der Waals surface area contributed by atoms with Gasteiger partial charge in [-0.1, -0.05) is 49.0 Å². The van der Waals surface area contributed by atoms with E-state index in [0.717, 1.165) is 61.4 Å². The Labute approximate surface area is 205 Å². The molecule has 1 atom stereocenters. The maximum atomic E-state index is 12.8. The summed E-state index contributed by atoms with van der Waals surface area (Å²) < 4.78 is 10.5. The van der Waals surface area contributed by atoms with Crippen LogP contribution in [0.25, 0.3) is 0 Å². The van der Waals surface area contributed by atoms with Crippen LogP contribution in [0.1, 0.15) is 37.8 Å². The number of thioether (sulfide) groups is 1. The van der Waals surface area contributed by atoms with Crippen molar-refractivity contribution < 1.29 is 19.1 Å². The fraction of sp³-hybridized carbons (Fsp3) is 0.480. The molecule has 0 bridgehead atoms. The van der Waals surface area contributed by atoms with E-state index in [9.17, 15) is 9.59 Å². The number of methoxy groups -OCH3 is 1. The number of amides is 1. The van der Waals surface area contributed by atoms with Crippen molar-refractivity contribution >= 4 is 28.8 Å². The van der Waals surface area contributed by atoms with Gasteiger partial charge < -0.3 is 19.7 Å². The van der Waals surface area contributed by atoms with Gasteiger partial charge in [0.25, 0.3) is 0 Å². The normalized spacial score (nSPS) is 20.5. The van der Waals surface area contributed by atoms with E-state index < -0.39 is 5.97 Å². The highest BCUT2D eigenvalue weighted by atomic mass is 32.2. The first-order chi connectivity index (χ1) is 16.6. The number of morpholine rings is 1. The van der Waals surface area contributed by atoms with Crippen LogP contribution < -0.4 is 5.32 Å². The molecule has 3 aliphatic heterocycles. The van der Waals surface area contributed by atoms with E-state index in [4.69, 9.17) is 14.5 Å². The third kappa shape index (κ3) is 5.54. The van der Waals surface area contributed by atoms with Gasteiger partial charge in [-0.2, -0.15) is 0 Å². The molecule has 1 N–H and O–H groups in total. The van der Waals surface area contributed by atoms with Crippen LogP contribution >= 0.6 is 11.8 Å². The lowest BCUT2D eigenvalue weighted by Crippen LogP contribution is -2.39. The zero-order valence-corrected chi connectivity index (χ0v) is 20.6. The van der Waals surface area contributed by atoms with Crippen molar-refractivity contribution in [3.05, 3.63) is 58.3 Å². The monoisotopic (exact) mass is 484 g/mol. The van der Waals surface area contributed by atoms with Gasteiger partial charge >= 0.3 is 5.97 Å². The quantitative estimate of drug-likeness (QED) is 0.426. The summed E-state index contributed by atoms with van der Waals surface area (Å²) in [5.74, 6) is -0.427. The molecule has 1 amide bonds. The lowest BCUT2D eigenvalue weighted by atomic mass is 9.93. The number of aliphatic imine (C=N–C) groups is 1. The van der Waals surface area contributed by atoms with E-state index >= 15 is 0 Å². The van der Waals surface area contributed by atoms with Crippen LogP contribution in [-0.4, -0.2) is 73.3 Å². The lowest BCUT2D eigenvalue weighted by Gasteiger charge is -2.36. The SMILES string of the molecule is CCC1=C(C(=O)OC)C(c2ccccc2)N2C(CC(=O)NCCCN3CCOCC3)=CSC2=N1. The topological polar surface area (TPSA) is 83.5 Å². The molecule has 1 aromatic rings. The van der Waals surface area contributed by atoms with Gasteiger partial charge in [0, 0.05) is 25.3 Å². The second kappa shape index (κ2) is 11.7. The first kappa shape index (κ1) is 24.5. The summed E-state index contributed by atoms with van der Waals surface area (Å²) in [6.07, 6.45) is 1.74. The molecule has 8 nitrogen and oxygen atoms in total.